The molecule has 0 spiro atoms. The van der Waals surface area contributed by atoms with E-state index in [1.807, 2.05) is 31.2 Å². The summed E-state index contributed by atoms with van der Waals surface area (Å²) in [5.74, 6) is -0.492. The third-order valence-electron chi connectivity index (χ3n) is 6.87. The maximum atomic E-state index is 13.6. The first-order valence-electron chi connectivity index (χ1n) is 12.4. The predicted octanol–water partition coefficient (Wildman–Crippen LogP) is 4.74. The molecule has 34 heavy (non-hydrogen) atoms. The van der Waals surface area contributed by atoms with E-state index in [1.54, 1.807) is 16.5 Å². The molecule has 2 aliphatic rings. The fraction of sp³-hybridized carbons (Fsp3) is 0.538. The van der Waals surface area contributed by atoms with Crippen LogP contribution in [0.4, 0.5) is 5.13 Å². The van der Waals surface area contributed by atoms with Crippen molar-refractivity contribution in [2.24, 2.45) is 0 Å². The van der Waals surface area contributed by atoms with Gasteiger partial charge in [0.1, 0.15) is 6.04 Å². The Morgan fingerprint density at radius 1 is 1.03 bits per heavy atom. The molecule has 3 amide bonds. The summed E-state index contributed by atoms with van der Waals surface area (Å²) in [5, 5.41) is 8.28. The monoisotopic (exact) mass is 482 g/mol. The van der Waals surface area contributed by atoms with Crippen LogP contribution < -0.4 is 10.6 Å². The van der Waals surface area contributed by atoms with E-state index in [1.165, 1.54) is 11.3 Å². The average molecular weight is 483 g/mol. The Morgan fingerprint density at radius 2 is 1.71 bits per heavy atom. The molecule has 2 aliphatic carbocycles. The Hall–Kier alpha value is -2.74. The Kier molecular flexibility index (Phi) is 8.32. The van der Waals surface area contributed by atoms with Crippen LogP contribution >= 0.6 is 11.3 Å². The standard InChI is InChI=1S/C26H34N4O3S/c1-18-10-12-19(13-11-18)24(25(33)28-20-6-2-3-7-20)30(21-8-4-5-9-21)23(32)15-14-22(31)29-26-27-16-17-34-26/h10-13,16-17,20-21,24H,2-9,14-15H2,1H3,(H,28,33)(H,27,29,31). The summed E-state index contributed by atoms with van der Waals surface area (Å²) in [6.45, 7) is 2.01. The number of carbonyl (C=O) groups excluding carboxylic acids is 3. The molecule has 1 heterocycles. The third kappa shape index (κ3) is 6.23. The molecular formula is C26H34N4O3S. The SMILES string of the molecule is Cc1ccc(C(C(=O)NC2CCCC2)N(C(=O)CCC(=O)Nc2nccs2)C2CCCC2)cc1. The number of benzene rings is 1. The van der Waals surface area contributed by atoms with Crippen LogP contribution in [0.1, 0.15) is 81.4 Å². The number of hydrogen-bond donors (Lipinski definition) is 2. The Bertz CT molecular complexity index is 964. The lowest BCUT2D eigenvalue weighted by Gasteiger charge is -2.37. The van der Waals surface area contributed by atoms with Crippen LogP contribution in [0, 0.1) is 6.92 Å². The minimum absolute atomic E-state index is 0.00940. The number of nitrogens with zero attached hydrogens (tertiary/aromatic N) is 2. The van der Waals surface area contributed by atoms with Crippen molar-refractivity contribution in [2.75, 3.05) is 5.32 Å². The van der Waals surface area contributed by atoms with E-state index in [2.05, 4.69) is 15.6 Å². The van der Waals surface area contributed by atoms with Crippen LogP contribution in [0.5, 0.6) is 0 Å². The van der Waals surface area contributed by atoms with Gasteiger partial charge in [-0.3, -0.25) is 14.4 Å². The topological polar surface area (TPSA) is 91.4 Å². The number of hydrogen-bond acceptors (Lipinski definition) is 5. The molecule has 2 aromatic rings. The third-order valence-corrected chi connectivity index (χ3v) is 7.56. The maximum absolute atomic E-state index is 13.6. The van der Waals surface area contributed by atoms with E-state index in [0.717, 1.165) is 62.5 Å². The van der Waals surface area contributed by atoms with Gasteiger partial charge in [0.25, 0.3) is 0 Å². The molecule has 8 heteroatoms. The molecule has 2 fully saturated rings. The number of aromatic nitrogens is 1. The van der Waals surface area contributed by atoms with Crippen LogP contribution in [0.3, 0.4) is 0 Å². The summed E-state index contributed by atoms with van der Waals surface area (Å²) >= 11 is 1.34. The van der Waals surface area contributed by atoms with Crippen LogP contribution in [-0.2, 0) is 14.4 Å². The summed E-state index contributed by atoms with van der Waals surface area (Å²) in [6.07, 6.45) is 9.84. The first-order chi connectivity index (χ1) is 16.5. The lowest BCUT2D eigenvalue weighted by Crippen LogP contribution is -2.49. The van der Waals surface area contributed by atoms with Gasteiger partial charge >= 0.3 is 0 Å². The molecule has 0 radical (unpaired) electrons. The normalized spacial score (nSPS) is 17.4. The van der Waals surface area contributed by atoms with E-state index in [0.29, 0.717) is 5.13 Å². The largest absolute Gasteiger partial charge is 0.351 e. The second kappa shape index (κ2) is 11.6. The zero-order valence-corrected chi connectivity index (χ0v) is 20.6. The molecule has 0 saturated heterocycles. The summed E-state index contributed by atoms with van der Waals surface area (Å²) in [7, 11) is 0. The molecule has 0 bridgehead atoms. The number of thiazole rings is 1. The molecule has 4 rings (SSSR count). The molecule has 0 aliphatic heterocycles. The minimum atomic E-state index is -0.682. The molecule has 7 nitrogen and oxygen atoms in total. The number of nitrogens with one attached hydrogen (secondary N) is 2. The summed E-state index contributed by atoms with van der Waals surface area (Å²) in [5.41, 5.74) is 1.94. The molecule has 2 N–H and O–H groups in total. The van der Waals surface area contributed by atoms with Crippen molar-refractivity contribution in [3.8, 4) is 0 Å². The van der Waals surface area contributed by atoms with Crippen molar-refractivity contribution in [1.29, 1.82) is 0 Å². The highest BCUT2D eigenvalue weighted by molar-refractivity contribution is 7.13. The molecule has 2 saturated carbocycles. The van der Waals surface area contributed by atoms with Crippen molar-refractivity contribution in [3.05, 3.63) is 47.0 Å². The van der Waals surface area contributed by atoms with Gasteiger partial charge in [0.2, 0.25) is 17.7 Å². The summed E-state index contributed by atoms with van der Waals surface area (Å²) in [4.78, 5) is 45.5. The number of rotatable bonds is 9. The van der Waals surface area contributed by atoms with Gasteiger partial charge in [0.05, 0.1) is 0 Å². The van der Waals surface area contributed by atoms with E-state index in [4.69, 9.17) is 0 Å². The Balaban J connectivity index is 1.54. The Labute approximate surface area is 205 Å². The fourth-order valence-electron chi connectivity index (χ4n) is 5.09. The highest BCUT2D eigenvalue weighted by Gasteiger charge is 2.38. The zero-order valence-electron chi connectivity index (χ0n) is 19.8. The molecule has 1 atom stereocenters. The first kappa shape index (κ1) is 24.4. The lowest BCUT2D eigenvalue weighted by atomic mass is 9.98. The quantitative estimate of drug-likeness (QED) is 0.540. The smallest absolute Gasteiger partial charge is 0.247 e. The molecule has 182 valence electrons. The lowest BCUT2D eigenvalue weighted by molar-refractivity contribution is -0.144. The van der Waals surface area contributed by atoms with E-state index in [-0.39, 0.29) is 42.6 Å². The molecule has 1 aromatic heterocycles. The van der Waals surface area contributed by atoms with Crippen molar-refractivity contribution < 1.29 is 14.4 Å². The van der Waals surface area contributed by atoms with E-state index >= 15 is 0 Å². The van der Waals surface area contributed by atoms with Crippen LogP contribution in [0.15, 0.2) is 35.8 Å². The van der Waals surface area contributed by atoms with Crippen molar-refractivity contribution in [1.82, 2.24) is 15.2 Å². The summed E-state index contributed by atoms with van der Waals surface area (Å²) in [6, 6.07) is 7.39. The number of carbonyl (C=O) groups is 3. The minimum Gasteiger partial charge on any atom is -0.351 e. The van der Waals surface area contributed by atoms with Crippen molar-refractivity contribution in [2.45, 2.75) is 89.3 Å². The van der Waals surface area contributed by atoms with Gasteiger partial charge in [-0.1, -0.05) is 55.5 Å². The van der Waals surface area contributed by atoms with Gasteiger partial charge in [-0.25, -0.2) is 4.98 Å². The highest BCUT2D eigenvalue weighted by Crippen LogP contribution is 2.33. The molecular weight excluding hydrogens is 448 g/mol. The van der Waals surface area contributed by atoms with Crippen molar-refractivity contribution in [3.63, 3.8) is 0 Å². The van der Waals surface area contributed by atoms with Crippen LogP contribution in [0.25, 0.3) is 0 Å². The average Bonchev–Trinajstić information content (AvgIpc) is 3.60. The zero-order chi connectivity index (χ0) is 23.9. The number of amides is 3. The highest BCUT2D eigenvalue weighted by atomic mass is 32.1. The molecule has 1 aromatic carbocycles. The fourth-order valence-corrected chi connectivity index (χ4v) is 5.64. The number of anilines is 1. The second-order valence-corrected chi connectivity index (χ2v) is 10.3. The second-order valence-electron chi connectivity index (χ2n) is 9.43. The van der Waals surface area contributed by atoms with E-state index < -0.39 is 6.04 Å². The van der Waals surface area contributed by atoms with Gasteiger partial charge in [0.15, 0.2) is 5.13 Å². The van der Waals surface area contributed by atoms with Gasteiger partial charge in [-0.2, -0.15) is 0 Å². The van der Waals surface area contributed by atoms with Gasteiger partial charge in [0, 0.05) is 36.5 Å². The van der Waals surface area contributed by atoms with Crippen LogP contribution in [0.2, 0.25) is 0 Å². The predicted molar refractivity (Wildman–Crippen MR) is 133 cm³/mol. The van der Waals surface area contributed by atoms with Gasteiger partial charge in [-0.05, 0) is 38.2 Å². The summed E-state index contributed by atoms with van der Waals surface area (Å²) < 4.78 is 0. The first-order valence-corrected chi connectivity index (χ1v) is 13.3. The number of aryl methyl sites for hydroxylation is 1. The van der Waals surface area contributed by atoms with Crippen molar-refractivity contribution >= 4 is 34.2 Å². The molecule has 1 unspecified atom stereocenters. The Morgan fingerprint density at radius 3 is 2.35 bits per heavy atom. The van der Waals surface area contributed by atoms with E-state index in [9.17, 15) is 14.4 Å². The van der Waals surface area contributed by atoms with Crippen LogP contribution in [-0.4, -0.2) is 39.7 Å². The maximum Gasteiger partial charge on any atom is 0.247 e. The van der Waals surface area contributed by atoms with Gasteiger partial charge in [-0.15, -0.1) is 11.3 Å². The van der Waals surface area contributed by atoms with Gasteiger partial charge < -0.3 is 15.5 Å².